The number of hydrogen-bond donors (Lipinski definition) is 0. The topological polar surface area (TPSA) is 9.23 Å². The third kappa shape index (κ3) is 1.82. The molecule has 0 saturated heterocycles. The molecule has 2 heteroatoms. The van der Waals surface area contributed by atoms with Gasteiger partial charge in [0.15, 0.2) is 0 Å². The van der Waals surface area contributed by atoms with Crippen molar-refractivity contribution in [2.75, 3.05) is 7.11 Å². The van der Waals surface area contributed by atoms with Crippen molar-refractivity contribution in [3.05, 3.63) is 29.8 Å². The summed E-state index contributed by atoms with van der Waals surface area (Å²) in [7, 11) is 1.62. The van der Waals surface area contributed by atoms with Gasteiger partial charge < -0.3 is 4.74 Å². The van der Waals surface area contributed by atoms with Crippen molar-refractivity contribution >= 4 is 0 Å². The van der Waals surface area contributed by atoms with E-state index < -0.39 is 5.67 Å². The molecule has 0 amide bonds. The second kappa shape index (κ2) is 3.02. The molecular formula is C11H13FO. The van der Waals surface area contributed by atoms with Crippen LogP contribution in [0.15, 0.2) is 24.3 Å². The molecular weight excluding hydrogens is 167 g/mol. The minimum absolute atomic E-state index is 0.497. The lowest BCUT2D eigenvalue weighted by Crippen LogP contribution is -2.05. The molecule has 0 atom stereocenters. The Morgan fingerprint density at radius 3 is 2.69 bits per heavy atom. The Hall–Kier alpha value is -1.05. The molecule has 1 aromatic rings. The minimum atomic E-state index is -0.936. The van der Waals surface area contributed by atoms with Gasteiger partial charge in [-0.15, -0.1) is 0 Å². The van der Waals surface area contributed by atoms with Gasteiger partial charge in [-0.1, -0.05) is 18.2 Å². The zero-order chi connectivity index (χ0) is 9.31. The average Bonchev–Trinajstić information content (AvgIpc) is 2.84. The Labute approximate surface area is 77.5 Å². The summed E-state index contributed by atoms with van der Waals surface area (Å²) in [4.78, 5) is 0. The molecule has 2 rings (SSSR count). The maximum Gasteiger partial charge on any atom is 0.122 e. The Bertz CT molecular complexity index is 305. The number of ether oxygens (including phenoxy) is 1. The second-order valence-corrected chi connectivity index (χ2v) is 3.64. The summed E-state index contributed by atoms with van der Waals surface area (Å²) in [6, 6.07) is 7.63. The van der Waals surface area contributed by atoms with E-state index in [1.807, 2.05) is 24.3 Å². The Morgan fingerprint density at radius 2 is 2.08 bits per heavy atom. The van der Waals surface area contributed by atoms with Gasteiger partial charge >= 0.3 is 0 Å². The van der Waals surface area contributed by atoms with Crippen LogP contribution in [0.5, 0.6) is 5.75 Å². The average molecular weight is 180 g/mol. The van der Waals surface area contributed by atoms with Crippen molar-refractivity contribution in [2.45, 2.75) is 24.9 Å². The van der Waals surface area contributed by atoms with E-state index in [2.05, 4.69) is 0 Å². The number of alkyl halides is 1. The van der Waals surface area contributed by atoms with Crippen LogP contribution in [0.25, 0.3) is 0 Å². The number of para-hydroxylation sites is 1. The Morgan fingerprint density at radius 1 is 1.38 bits per heavy atom. The highest BCUT2D eigenvalue weighted by Gasteiger charge is 2.43. The maximum atomic E-state index is 13.4. The monoisotopic (exact) mass is 180 g/mol. The number of methoxy groups -OCH3 is 1. The molecule has 0 aromatic heterocycles. The molecule has 0 N–H and O–H groups in total. The van der Waals surface area contributed by atoms with E-state index in [0.717, 1.165) is 11.3 Å². The predicted octanol–water partition coefficient (Wildman–Crippen LogP) is 2.74. The van der Waals surface area contributed by atoms with Crippen molar-refractivity contribution in [1.29, 1.82) is 0 Å². The first-order chi connectivity index (χ1) is 6.23. The predicted molar refractivity (Wildman–Crippen MR) is 49.8 cm³/mol. The van der Waals surface area contributed by atoms with E-state index in [4.69, 9.17) is 4.74 Å². The van der Waals surface area contributed by atoms with Gasteiger partial charge in [-0.05, 0) is 24.5 Å². The zero-order valence-corrected chi connectivity index (χ0v) is 7.72. The molecule has 0 aliphatic heterocycles. The molecule has 70 valence electrons. The van der Waals surface area contributed by atoms with E-state index in [-0.39, 0.29) is 0 Å². The van der Waals surface area contributed by atoms with Crippen LogP contribution in [-0.2, 0) is 6.42 Å². The smallest absolute Gasteiger partial charge is 0.122 e. The van der Waals surface area contributed by atoms with Gasteiger partial charge in [0.05, 0.1) is 7.11 Å². The molecule has 0 radical (unpaired) electrons. The van der Waals surface area contributed by atoms with E-state index in [0.29, 0.717) is 19.3 Å². The molecule has 1 aliphatic rings. The molecule has 1 fully saturated rings. The number of hydrogen-bond acceptors (Lipinski definition) is 1. The lowest BCUT2D eigenvalue weighted by molar-refractivity contribution is 0.303. The molecule has 0 bridgehead atoms. The summed E-state index contributed by atoms with van der Waals surface area (Å²) in [6.07, 6.45) is 1.90. The molecule has 1 aromatic carbocycles. The van der Waals surface area contributed by atoms with Crippen molar-refractivity contribution in [3.8, 4) is 5.75 Å². The molecule has 13 heavy (non-hydrogen) atoms. The maximum absolute atomic E-state index is 13.4. The Kier molecular flexibility index (Phi) is 1.98. The van der Waals surface area contributed by atoms with Crippen LogP contribution in [0.4, 0.5) is 4.39 Å². The summed E-state index contributed by atoms with van der Waals surface area (Å²) < 4.78 is 18.6. The van der Waals surface area contributed by atoms with Gasteiger partial charge in [-0.3, -0.25) is 0 Å². The number of rotatable bonds is 3. The quantitative estimate of drug-likeness (QED) is 0.695. The van der Waals surface area contributed by atoms with Crippen LogP contribution in [0.3, 0.4) is 0 Å². The lowest BCUT2D eigenvalue weighted by Gasteiger charge is -2.09. The second-order valence-electron chi connectivity index (χ2n) is 3.64. The van der Waals surface area contributed by atoms with Crippen LogP contribution in [0, 0.1) is 0 Å². The highest BCUT2D eigenvalue weighted by Crippen LogP contribution is 2.43. The van der Waals surface area contributed by atoms with Crippen LogP contribution in [-0.4, -0.2) is 12.8 Å². The fraction of sp³-hybridized carbons (Fsp3) is 0.455. The molecule has 1 nitrogen and oxygen atoms in total. The van der Waals surface area contributed by atoms with Gasteiger partial charge in [0.25, 0.3) is 0 Å². The third-order valence-electron chi connectivity index (χ3n) is 2.49. The largest absolute Gasteiger partial charge is 0.496 e. The number of halogens is 1. The highest BCUT2D eigenvalue weighted by atomic mass is 19.1. The summed E-state index contributed by atoms with van der Waals surface area (Å²) in [5, 5.41) is 0. The van der Waals surface area contributed by atoms with Crippen molar-refractivity contribution < 1.29 is 9.13 Å². The number of benzene rings is 1. The van der Waals surface area contributed by atoms with E-state index in [9.17, 15) is 4.39 Å². The van der Waals surface area contributed by atoms with Crippen molar-refractivity contribution in [3.63, 3.8) is 0 Å². The van der Waals surface area contributed by atoms with Gasteiger partial charge in [0, 0.05) is 6.42 Å². The van der Waals surface area contributed by atoms with Gasteiger partial charge in [0.2, 0.25) is 0 Å². The normalized spacial score (nSPS) is 18.3. The molecule has 1 aliphatic carbocycles. The molecule has 0 unspecified atom stereocenters. The third-order valence-corrected chi connectivity index (χ3v) is 2.49. The van der Waals surface area contributed by atoms with Crippen LogP contribution < -0.4 is 4.74 Å². The first-order valence-electron chi connectivity index (χ1n) is 4.54. The molecule has 0 heterocycles. The first-order valence-corrected chi connectivity index (χ1v) is 4.54. The van der Waals surface area contributed by atoms with Gasteiger partial charge in [0.1, 0.15) is 11.4 Å². The summed E-state index contributed by atoms with van der Waals surface area (Å²) >= 11 is 0. The standard InChI is InChI=1S/C11H13FO/c1-13-10-5-3-2-4-9(10)8-11(12)6-7-11/h2-5H,6-8H2,1H3. The van der Waals surface area contributed by atoms with E-state index in [1.54, 1.807) is 7.11 Å². The van der Waals surface area contributed by atoms with E-state index in [1.165, 1.54) is 0 Å². The summed E-state index contributed by atoms with van der Waals surface area (Å²) in [6.45, 7) is 0. The highest BCUT2D eigenvalue weighted by molar-refractivity contribution is 5.35. The first kappa shape index (κ1) is 8.54. The van der Waals surface area contributed by atoms with Gasteiger partial charge in [-0.2, -0.15) is 0 Å². The van der Waals surface area contributed by atoms with Crippen LogP contribution in [0.1, 0.15) is 18.4 Å². The lowest BCUT2D eigenvalue weighted by atomic mass is 10.1. The van der Waals surface area contributed by atoms with Crippen LogP contribution in [0.2, 0.25) is 0 Å². The molecule has 1 saturated carbocycles. The van der Waals surface area contributed by atoms with Crippen molar-refractivity contribution in [1.82, 2.24) is 0 Å². The fourth-order valence-corrected chi connectivity index (χ4v) is 1.50. The SMILES string of the molecule is COc1ccccc1CC1(F)CC1. The zero-order valence-electron chi connectivity index (χ0n) is 7.72. The Balaban J connectivity index is 2.18. The fourth-order valence-electron chi connectivity index (χ4n) is 1.50. The molecule has 0 spiro atoms. The van der Waals surface area contributed by atoms with Gasteiger partial charge in [-0.25, -0.2) is 4.39 Å². The van der Waals surface area contributed by atoms with E-state index >= 15 is 0 Å². The van der Waals surface area contributed by atoms with Crippen LogP contribution >= 0.6 is 0 Å². The minimum Gasteiger partial charge on any atom is -0.496 e. The summed E-state index contributed by atoms with van der Waals surface area (Å²) in [5.74, 6) is 0.798. The van der Waals surface area contributed by atoms with Crippen molar-refractivity contribution in [2.24, 2.45) is 0 Å². The summed E-state index contributed by atoms with van der Waals surface area (Å²) in [5.41, 5.74) is 0.0410.